The second-order valence-corrected chi connectivity index (χ2v) is 8.16. The molecule has 1 fully saturated rings. The molecule has 24 heavy (non-hydrogen) atoms. The zero-order chi connectivity index (χ0) is 17.3. The molecule has 0 radical (unpaired) electrons. The van der Waals surface area contributed by atoms with Gasteiger partial charge in [-0.1, -0.05) is 0 Å². The molecule has 1 unspecified atom stereocenters. The molecule has 7 nitrogen and oxygen atoms in total. The Hall–Kier alpha value is -1.93. The molecule has 3 heterocycles. The molecule has 0 bridgehead atoms. The molecular formula is C16H22N4O3S. The van der Waals surface area contributed by atoms with E-state index in [0.29, 0.717) is 25.3 Å². The summed E-state index contributed by atoms with van der Waals surface area (Å²) in [7, 11) is -3.58. The van der Waals surface area contributed by atoms with Crippen LogP contribution in [-0.4, -0.2) is 46.5 Å². The topological polar surface area (TPSA) is 77.3 Å². The second kappa shape index (κ2) is 6.52. The normalized spacial score (nSPS) is 19.1. The molecule has 0 aromatic carbocycles. The number of aryl methyl sites for hydroxylation is 1. The van der Waals surface area contributed by atoms with E-state index >= 15 is 0 Å². The molecule has 0 N–H and O–H groups in total. The van der Waals surface area contributed by atoms with Gasteiger partial charge in [0.25, 0.3) is 10.0 Å². The first kappa shape index (κ1) is 16.9. The number of aromatic nitrogens is 3. The van der Waals surface area contributed by atoms with Crippen molar-refractivity contribution in [2.24, 2.45) is 0 Å². The molecule has 1 aliphatic heterocycles. The van der Waals surface area contributed by atoms with Crippen LogP contribution in [0.3, 0.4) is 0 Å². The van der Waals surface area contributed by atoms with E-state index in [1.807, 2.05) is 32.9 Å². The Kier molecular flexibility index (Phi) is 4.60. The van der Waals surface area contributed by atoms with E-state index < -0.39 is 10.0 Å². The van der Waals surface area contributed by atoms with Crippen molar-refractivity contribution < 1.29 is 13.2 Å². The molecule has 2 aromatic heterocycles. The van der Waals surface area contributed by atoms with Gasteiger partial charge in [-0.05, 0) is 39.3 Å². The quantitative estimate of drug-likeness (QED) is 0.824. The zero-order valence-corrected chi connectivity index (χ0v) is 14.9. The first-order valence-corrected chi connectivity index (χ1v) is 9.43. The molecule has 0 aliphatic carbocycles. The van der Waals surface area contributed by atoms with E-state index in [2.05, 4.69) is 9.97 Å². The molecule has 1 atom stereocenters. The molecule has 1 saturated heterocycles. The SMILES string of the molecule is Cc1ccc(OC2CCN(S(=O)(=O)c3cn(C(C)C)cn3)C2)cn1. The lowest BCUT2D eigenvalue weighted by atomic mass is 10.3. The van der Waals surface area contributed by atoms with Crippen LogP contribution in [0.4, 0.5) is 0 Å². The van der Waals surface area contributed by atoms with Crippen molar-refractivity contribution in [3.05, 3.63) is 36.5 Å². The van der Waals surface area contributed by atoms with Crippen LogP contribution in [0.15, 0.2) is 35.9 Å². The van der Waals surface area contributed by atoms with Gasteiger partial charge in [-0.3, -0.25) is 4.98 Å². The van der Waals surface area contributed by atoms with Crippen LogP contribution in [0.25, 0.3) is 0 Å². The molecule has 8 heteroatoms. The predicted molar refractivity (Wildman–Crippen MR) is 89.4 cm³/mol. The van der Waals surface area contributed by atoms with E-state index in [1.165, 1.54) is 4.31 Å². The van der Waals surface area contributed by atoms with E-state index in [0.717, 1.165) is 5.69 Å². The maximum absolute atomic E-state index is 12.7. The van der Waals surface area contributed by atoms with Gasteiger partial charge in [0.15, 0.2) is 5.03 Å². The highest BCUT2D eigenvalue weighted by molar-refractivity contribution is 7.89. The molecule has 3 rings (SSSR count). The first-order chi connectivity index (χ1) is 11.4. The summed E-state index contributed by atoms with van der Waals surface area (Å²) in [5.41, 5.74) is 0.915. The number of pyridine rings is 1. The maximum atomic E-state index is 12.7. The minimum Gasteiger partial charge on any atom is -0.487 e. The highest BCUT2D eigenvalue weighted by atomic mass is 32.2. The average molecular weight is 350 g/mol. The van der Waals surface area contributed by atoms with Gasteiger partial charge in [0.05, 0.1) is 19.1 Å². The van der Waals surface area contributed by atoms with Gasteiger partial charge in [-0.15, -0.1) is 0 Å². The van der Waals surface area contributed by atoms with Gasteiger partial charge in [0.1, 0.15) is 11.9 Å². The van der Waals surface area contributed by atoms with Gasteiger partial charge in [0.2, 0.25) is 0 Å². The Morgan fingerprint density at radius 2 is 2.08 bits per heavy atom. The lowest BCUT2D eigenvalue weighted by molar-refractivity contribution is 0.214. The monoisotopic (exact) mass is 350 g/mol. The van der Waals surface area contributed by atoms with Gasteiger partial charge in [-0.2, -0.15) is 4.31 Å². The van der Waals surface area contributed by atoms with E-state index in [4.69, 9.17) is 4.74 Å². The summed E-state index contributed by atoms with van der Waals surface area (Å²) in [5, 5.41) is 0.0915. The third-order valence-corrected chi connectivity index (χ3v) is 5.82. The fourth-order valence-corrected chi connectivity index (χ4v) is 4.00. The number of imidazole rings is 1. The Labute approximate surface area is 142 Å². The van der Waals surface area contributed by atoms with Gasteiger partial charge >= 0.3 is 0 Å². The van der Waals surface area contributed by atoms with Crippen molar-refractivity contribution >= 4 is 10.0 Å². The summed E-state index contributed by atoms with van der Waals surface area (Å²) >= 11 is 0. The standard InChI is InChI=1S/C16H22N4O3S/c1-12(2)19-10-16(18-11-19)24(21,22)20-7-6-15(9-20)23-14-5-4-13(3)17-8-14/h4-5,8,10-12,15H,6-7,9H2,1-3H3. The van der Waals surface area contributed by atoms with Crippen LogP contribution in [0, 0.1) is 6.92 Å². The van der Waals surface area contributed by atoms with Crippen molar-refractivity contribution in [3.63, 3.8) is 0 Å². The minimum atomic E-state index is -3.58. The van der Waals surface area contributed by atoms with Crippen molar-refractivity contribution in [2.45, 2.75) is 44.4 Å². The van der Waals surface area contributed by atoms with Crippen molar-refractivity contribution in [1.29, 1.82) is 0 Å². The first-order valence-electron chi connectivity index (χ1n) is 7.99. The van der Waals surface area contributed by atoms with Crippen molar-refractivity contribution in [3.8, 4) is 5.75 Å². The fraction of sp³-hybridized carbons (Fsp3) is 0.500. The molecule has 0 amide bonds. The van der Waals surface area contributed by atoms with Crippen LogP contribution in [0.5, 0.6) is 5.75 Å². The van der Waals surface area contributed by atoms with E-state index in [-0.39, 0.29) is 17.2 Å². The summed E-state index contributed by atoms with van der Waals surface area (Å²) in [6.45, 7) is 6.62. The van der Waals surface area contributed by atoms with Gasteiger partial charge in [0, 0.05) is 24.5 Å². The summed E-state index contributed by atoms with van der Waals surface area (Å²) in [4.78, 5) is 8.24. The lowest BCUT2D eigenvalue weighted by Crippen LogP contribution is -2.31. The van der Waals surface area contributed by atoms with E-state index in [9.17, 15) is 8.42 Å². The highest BCUT2D eigenvalue weighted by Gasteiger charge is 2.35. The molecule has 0 spiro atoms. The molecule has 1 aliphatic rings. The molecule has 2 aromatic rings. The number of rotatable bonds is 5. The van der Waals surface area contributed by atoms with Crippen LogP contribution in [0.1, 0.15) is 32.0 Å². The molecule has 130 valence electrons. The smallest absolute Gasteiger partial charge is 0.262 e. The largest absolute Gasteiger partial charge is 0.487 e. The average Bonchev–Trinajstić information content (AvgIpc) is 3.19. The number of nitrogens with zero attached hydrogens (tertiary/aromatic N) is 4. The highest BCUT2D eigenvalue weighted by Crippen LogP contribution is 2.23. The predicted octanol–water partition coefficient (Wildman–Crippen LogP) is 2.01. The van der Waals surface area contributed by atoms with E-state index in [1.54, 1.807) is 23.3 Å². The Bertz CT molecular complexity index is 799. The molecular weight excluding hydrogens is 328 g/mol. The Balaban J connectivity index is 1.68. The third-order valence-electron chi connectivity index (χ3n) is 4.07. The van der Waals surface area contributed by atoms with Gasteiger partial charge < -0.3 is 9.30 Å². The zero-order valence-electron chi connectivity index (χ0n) is 14.1. The van der Waals surface area contributed by atoms with Crippen LogP contribution in [-0.2, 0) is 10.0 Å². The summed E-state index contributed by atoms with van der Waals surface area (Å²) in [6, 6.07) is 3.89. The Morgan fingerprint density at radius 1 is 1.29 bits per heavy atom. The van der Waals surface area contributed by atoms with Crippen LogP contribution in [0.2, 0.25) is 0 Å². The van der Waals surface area contributed by atoms with Crippen molar-refractivity contribution in [2.75, 3.05) is 13.1 Å². The summed E-state index contributed by atoms with van der Waals surface area (Å²) in [5.74, 6) is 0.661. The maximum Gasteiger partial charge on any atom is 0.262 e. The third kappa shape index (κ3) is 3.44. The minimum absolute atomic E-state index is 0.0915. The van der Waals surface area contributed by atoms with Gasteiger partial charge in [-0.25, -0.2) is 13.4 Å². The number of ether oxygens (including phenoxy) is 1. The lowest BCUT2D eigenvalue weighted by Gasteiger charge is -2.16. The summed E-state index contributed by atoms with van der Waals surface area (Å²) in [6.07, 6.45) is 5.28. The fourth-order valence-electron chi connectivity index (χ4n) is 2.59. The Morgan fingerprint density at radius 3 is 2.71 bits per heavy atom. The summed E-state index contributed by atoms with van der Waals surface area (Å²) < 4.78 is 34.5. The van der Waals surface area contributed by atoms with Crippen LogP contribution >= 0.6 is 0 Å². The number of hydrogen-bond acceptors (Lipinski definition) is 5. The van der Waals surface area contributed by atoms with Crippen molar-refractivity contribution in [1.82, 2.24) is 18.8 Å². The molecule has 0 saturated carbocycles. The number of hydrogen-bond donors (Lipinski definition) is 0. The number of sulfonamides is 1. The van der Waals surface area contributed by atoms with Crippen LogP contribution < -0.4 is 4.74 Å². The second-order valence-electron chi connectivity index (χ2n) is 6.28.